The molecule has 0 aliphatic heterocycles. The van der Waals surface area contributed by atoms with Gasteiger partial charge in [0.15, 0.2) is 0 Å². The van der Waals surface area contributed by atoms with Gasteiger partial charge < -0.3 is 9.84 Å². The van der Waals surface area contributed by atoms with Crippen LogP contribution in [0.2, 0.25) is 0 Å². The van der Waals surface area contributed by atoms with Gasteiger partial charge in [0.1, 0.15) is 0 Å². The topological polar surface area (TPSA) is 46.5 Å². The van der Waals surface area contributed by atoms with Crippen molar-refractivity contribution in [2.24, 2.45) is 22.7 Å². The third-order valence-corrected chi connectivity index (χ3v) is 6.34. The molecule has 0 saturated heterocycles. The number of ether oxygens (including phenoxy) is 1. The van der Waals surface area contributed by atoms with Gasteiger partial charge in [-0.25, -0.2) is 4.79 Å². The summed E-state index contributed by atoms with van der Waals surface area (Å²) in [4.78, 5) is 12.3. The van der Waals surface area contributed by atoms with Crippen LogP contribution in [0.15, 0.2) is 30.3 Å². The number of carbonyl (C=O) groups is 1. The summed E-state index contributed by atoms with van der Waals surface area (Å²) in [5.74, 6) is 0.00941. The van der Waals surface area contributed by atoms with E-state index in [4.69, 9.17) is 4.74 Å². The Morgan fingerprint density at radius 2 is 1.40 bits per heavy atom. The quantitative estimate of drug-likeness (QED) is 0.286. The molecule has 172 valence electrons. The SMILES string of the molecule is CCCCCCCC(C(O)C(CCOC(=O)c1ccccc1)C(C)(C)C)C(C)(C)C. The molecule has 0 spiro atoms. The van der Waals surface area contributed by atoms with Crippen molar-refractivity contribution in [3.63, 3.8) is 0 Å². The van der Waals surface area contributed by atoms with Crippen molar-refractivity contribution in [3.05, 3.63) is 35.9 Å². The molecular formula is C27H46O3. The second kappa shape index (κ2) is 12.5. The standard InChI is InChI=1S/C27H46O3/c1-8-9-10-11-15-18-22(26(2,3)4)24(28)23(27(5,6)7)19-20-30-25(29)21-16-13-12-14-17-21/h12-14,16-17,22-24,28H,8-11,15,18-20H2,1-7H3. The van der Waals surface area contributed by atoms with E-state index >= 15 is 0 Å². The van der Waals surface area contributed by atoms with Crippen LogP contribution in [0.1, 0.15) is 104 Å². The first-order valence-electron chi connectivity index (χ1n) is 11.9. The third kappa shape index (κ3) is 9.20. The summed E-state index contributed by atoms with van der Waals surface area (Å²) in [5.41, 5.74) is 0.545. The molecule has 3 heteroatoms. The molecule has 3 nitrogen and oxygen atoms in total. The molecule has 0 amide bonds. The Bertz CT molecular complexity index is 595. The van der Waals surface area contributed by atoms with Crippen molar-refractivity contribution in [1.82, 2.24) is 0 Å². The molecule has 0 fully saturated rings. The van der Waals surface area contributed by atoms with Crippen molar-refractivity contribution in [1.29, 1.82) is 0 Å². The number of rotatable bonds is 12. The fourth-order valence-electron chi connectivity index (χ4n) is 4.42. The lowest BCUT2D eigenvalue weighted by molar-refractivity contribution is -0.0508. The first-order chi connectivity index (χ1) is 14.0. The Hall–Kier alpha value is -1.35. The van der Waals surface area contributed by atoms with Gasteiger partial charge in [0.05, 0.1) is 18.3 Å². The molecule has 1 N–H and O–H groups in total. The molecule has 3 atom stereocenters. The van der Waals surface area contributed by atoms with Gasteiger partial charge in [-0.2, -0.15) is 0 Å². The van der Waals surface area contributed by atoms with Crippen LogP contribution in [-0.2, 0) is 4.74 Å². The van der Waals surface area contributed by atoms with Crippen LogP contribution in [0.5, 0.6) is 0 Å². The van der Waals surface area contributed by atoms with Crippen LogP contribution in [0.4, 0.5) is 0 Å². The van der Waals surface area contributed by atoms with Gasteiger partial charge in [0.25, 0.3) is 0 Å². The molecule has 1 aromatic rings. The Labute approximate surface area is 185 Å². The van der Waals surface area contributed by atoms with Crippen LogP contribution in [0.3, 0.4) is 0 Å². The van der Waals surface area contributed by atoms with E-state index in [1.807, 2.05) is 18.2 Å². The van der Waals surface area contributed by atoms with E-state index in [1.165, 1.54) is 32.1 Å². The van der Waals surface area contributed by atoms with Crippen LogP contribution in [0, 0.1) is 22.7 Å². The Kier molecular flexibility index (Phi) is 11.1. The normalized spacial score (nSPS) is 15.5. The molecule has 1 aromatic carbocycles. The van der Waals surface area contributed by atoms with Crippen LogP contribution < -0.4 is 0 Å². The molecule has 0 heterocycles. The average molecular weight is 419 g/mol. The lowest BCUT2D eigenvalue weighted by atomic mass is 9.65. The zero-order valence-corrected chi connectivity index (χ0v) is 20.5. The number of benzene rings is 1. The number of aliphatic hydroxyl groups excluding tert-OH is 1. The number of hydrogen-bond acceptors (Lipinski definition) is 3. The van der Waals surface area contributed by atoms with E-state index in [9.17, 15) is 9.90 Å². The lowest BCUT2D eigenvalue weighted by Gasteiger charge is -2.43. The maximum absolute atomic E-state index is 12.3. The first-order valence-corrected chi connectivity index (χ1v) is 11.9. The molecule has 3 unspecified atom stereocenters. The molecule has 0 aliphatic carbocycles. The van der Waals surface area contributed by atoms with E-state index in [1.54, 1.807) is 12.1 Å². The fraction of sp³-hybridized carbons (Fsp3) is 0.741. The van der Waals surface area contributed by atoms with Gasteiger partial charge in [-0.1, -0.05) is 98.8 Å². The Morgan fingerprint density at radius 1 is 0.867 bits per heavy atom. The maximum atomic E-state index is 12.3. The van der Waals surface area contributed by atoms with Crippen LogP contribution in [0.25, 0.3) is 0 Å². The lowest BCUT2D eigenvalue weighted by Crippen LogP contribution is -2.43. The van der Waals surface area contributed by atoms with Gasteiger partial charge in [-0.05, 0) is 47.6 Å². The minimum atomic E-state index is -0.411. The molecule has 0 radical (unpaired) electrons. The predicted molar refractivity (Wildman–Crippen MR) is 127 cm³/mol. The van der Waals surface area contributed by atoms with Crippen molar-refractivity contribution in [2.45, 2.75) is 99.5 Å². The van der Waals surface area contributed by atoms with Crippen molar-refractivity contribution >= 4 is 5.97 Å². The van der Waals surface area contributed by atoms with E-state index in [0.29, 0.717) is 18.6 Å². The number of unbranched alkanes of at least 4 members (excludes halogenated alkanes) is 4. The first kappa shape index (κ1) is 26.7. The molecular weight excluding hydrogens is 372 g/mol. The number of aliphatic hydroxyl groups is 1. The van der Waals surface area contributed by atoms with Crippen molar-refractivity contribution < 1.29 is 14.6 Å². The number of hydrogen-bond donors (Lipinski definition) is 1. The van der Waals surface area contributed by atoms with Crippen LogP contribution in [-0.4, -0.2) is 23.8 Å². The highest BCUT2D eigenvalue weighted by Crippen LogP contribution is 2.42. The Balaban J connectivity index is 2.76. The molecule has 0 aliphatic rings. The van der Waals surface area contributed by atoms with E-state index < -0.39 is 6.10 Å². The smallest absolute Gasteiger partial charge is 0.338 e. The molecule has 0 aromatic heterocycles. The summed E-state index contributed by atoms with van der Waals surface area (Å²) in [6.07, 6.45) is 7.53. The van der Waals surface area contributed by atoms with Gasteiger partial charge in [-0.15, -0.1) is 0 Å². The monoisotopic (exact) mass is 418 g/mol. The van der Waals surface area contributed by atoms with Gasteiger partial charge >= 0.3 is 5.97 Å². The summed E-state index contributed by atoms with van der Waals surface area (Å²) in [7, 11) is 0. The second-order valence-corrected chi connectivity index (χ2v) is 10.9. The van der Waals surface area contributed by atoms with Crippen molar-refractivity contribution in [3.8, 4) is 0 Å². The van der Waals surface area contributed by atoms with Gasteiger partial charge in [-0.3, -0.25) is 0 Å². The highest BCUT2D eigenvalue weighted by atomic mass is 16.5. The second-order valence-electron chi connectivity index (χ2n) is 10.9. The zero-order valence-electron chi connectivity index (χ0n) is 20.5. The minimum absolute atomic E-state index is 0.0361. The summed E-state index contributed by atoms with van der Waals surface area (Å²) in [5, 5.41) is 11.5. The summed E-state index contributed by atoms with van der Waals surface area (Å²) in [6.45, 7) is 15.8. The molecule has 1 rings (SSSR count). The Morgan fingerprint density at radius 3 is 1.93 bits per heavy atom. The van der Waals surface area contributed by atoms with Gasteiger partial charge in [0.2, 0.25) is 0 Å². The highest BCUT2D eigenvalue weighted by Gasteiger charge is 2.40. The molecule has 0 saturated carbocycles. The average Bonchev–Trinajstić information content (AvgIpc) is 2.66. The maximum Gasteiger partial charge on any atom is 0.338 e. The van der Waals surface area contributed by atoms with Gasteiger partial charge in [0, 0.05) is 0 Å². The van der Waals surface area contributed by atoms with Crippen molar-refractivity contribution in [2.75, 3.05) is 6.61 Å². The van der Waals surface area contributed by atoms with E-state index in [-0.39, 0.29) is 28.6 Å². The molecule has 30 heavy (non-hydrogen) atoms. The summed E-state index contributed by atoms with van der Waals surface area (Å²) in [6, 6.07) is 9.11. The minimum Gasteiger partial charge on any atom is -0.462 e. The largest absolute Gasteiger partial charge is 0.462 e. The highest BCUT2D eigenvalue weighted by molar-refractivity contribution is 5.89. The fourth-order valence-corrected chi connectivity index (χ4v) is 4.42. The number of esters is 1. The predicted octanol–water partition coefficient (Wildman–Crippen LogP) is 7.28. The van der Waals surface area contributed by atoms with E-state index in [0.717, 1.165) is 6.42 Å². The summed E-state index contributed by atoms with van der Waals surface area (Å²) >= 11 is 0. The van der Waals surface area contributed by atoms with E-state index in [2.05, 4.69) is 48.5 Å². The summed E-state index contributed by atoms with van der Waals surface area (Å²) < 4.78 is 5.54. The zero-order chi connectivity index (χ0) is 22.8. The molecule has 0 bridgehead atoms. The third-order valence-electron chi connectivity index (χ3n) is 6.34. The van der Waals surface area contributed by atoms with Crippen LogP contribution >= 0.6 is 0 Å². The number of carbonyl (C=O) groups excluding carboxylic acids is 1.